The maximum Gasteiger partial charge on any atom is 0.137 e. The minimum atomic E-state index is -0.0992. The van der Waals surface area contributed by atoms with Crippen LogP contribution < -0.4 is 4.74 Å². The molecule has 0 fully saturated rings. The molecule has 7 aromatic rings. The lowest BCUT2D eigenvalue weighted by molar-refractivity contribution is 0.478. The van der Waals surface area contributed by atoms with Crippen molar-refractivity contribution in [1.29, 1.82) is 0 Å². The molecule has 3 heterocycles. The molecule has 5 nitrogen and oxygen atoms in total. The van der Waals surface area contributed by atoms with E-state index in [0.29, 0.717) is 5.92 Å². The topological polar surface area (TPSA) is 44.9 Å². The Hall–Kier alpha value is -5.16. The van der Waals surface area contributed by atoms with Crippen molar-refractivity contribution in [3.8, 4) is 34.1 Å². The highest BCUT2D eigenvalue weighted by Gasteiger charge is 2.22. The quantitative estimate of drug-likeness (QED) is 0.132. The van der Waals surface area contributed by atoms with Gasteiger partial charge in [0.1, 0.15) is 17.3 Å². The van der Waals surface area contributed by atoms with E-state index in [4.69, 9.17) is 14.8 Å². The second-order valence-electron chi connectivity index (χ2n) is 17.2. The summed E-state index contributed by atoms with van der Waals surface area (Å²) < 4.78 is 11.2. The maximum atomic E-state index is 6.85. The molecule has 1 unspecified atom stereocenters. The first kappa shape index (κ1) is 37.2. The Labute approximate surface area is 322 Å². The number of fused-ring (bicyclic) bond motifs is 3. The fourth-order valence-corrected chi connectivity index (χ4v) is 7.76. The van der Waals surface area contributed by atoms with Gasteiger partial charge in [-0.3, -0.25) is 4.57 Å². The van der Waals surface area contributed by atoms with Gasteiger partial charge in [-0.2, -0.15) is 5.10 Å². The highest BCUT2D eigenvalue weighted by molar-refractivity contribution is 6.09. The number of hydrogen-bond donors (Lipinski definition) is 0. The molecular formula is C49H56N4O. The van der Waals surface area contributed by atoms with Crippen molar-refractivity contribution in [1.82, 2.24) is 19.3 Å². The molecule has 0 saturated heterocycles. The van der Waals surface area contributed by atoms with Crippen molar-refractivity contribution < 1.29 is 4.74 Å². The lowest BCUT2D eigenvalue weighted by Gasteiger charge is -2.22. The lowest BCUT2D eigenvalue weighted by Crippen LogP contribution is -2.12. The van der Waals surface area contributed by atoms with Crippen LogP contribution in [0.3, 0.4) is 0 Å². The molecule has 0 N–H and O–H groups in total. The van der Waals surface area contributed by atoms with Crippen LogP contribution in [-0.2, 0) is 10.8 Å². The van der Waals surface area contributed by atoms with Gasteiger partial charge >= 0.3 is 0 Å². The van der Waals surface area contributed by atoms with Crippen LogP contribution in [0.5, 0.6) is 11.5 Å². The van der Waals surface area contributed by atoms with E-state index in [-0.39, 0.29) is 10.8 Å². The van der Waals surface area contributed by atoms with Crippen LogP contribution >= 0.6 is 0 Å². The molecule has 0 aliphatic carbocycles. The Balaban J connectivity index is 1.35. The molecule has 0 aliphatic rings. The molecule has 4 aromatic carbocycles. The van der Waals surface area contributed by atoms with Crippen molar-refractivity contribution in [3.05, 3.63) is 131 Å². The number of nitrogens with zero attached hydrogens (tertiary/aromatic N) is 4. The van der Waals surface area contributed by atoms with Gasteiger partial charge in [-0.1, -0.05) is 111 Å². The Morgan fingerprint density at radius 1 is 0.704 bits per heavy atom. The van der Waals surface area contributed by atoms with Gasteiger partial charge in [0.15, 0.2) is 0 Å². The molecule has 54 heavy (non-hydrogen) atoms. The van der Waals surface area contributed by atoms with Gasteiger partial charge in [0.05, 0.1) is 22.4 Å². The largest absolute Gasteiger partial charge is 0.457 e. The van der Waals surface area contributed by atoms with Crippen LogP contribution in [0.2, 0.25) is 0 Å². The third kappa shape index (κ3) is 7.33. The van der Waals surface area contributed by atoms with Crippen LogP contribution in [0.1, 0.15) is 115 Å². The molecule has 7 rings (SSSR count). The van der Waals surface area contributed by atoms with E-state index in [0.717, 1.165) is 45.4 Å². The summed E-state index contributed by atoms with van der Waals surface area (Å²) in [6.45, 7) is 22.4. The number of hydrogen-bond acceptors (Lipinski definition) is 3. The van der Waals surface area contributed by atoms with E-state index >= 15 is 0 Å². The van der Waals surface area contributed by atoms with Crippen LogP contribution in [-0.4, -0.2) is 19.3 Å². The molecule has 0 saturated carbocycles. The van der Waals surface area contributed by atoms with E-state index in [1.165, 1.54) is 64.3 Å². The summed E-state index contributed by atoms with van der Waals surface area (Å²) >= 11 is 0. The smallest absolute Gasteiger partial charge is 0.137 e. The first-order valence-electron chi connectivity index (χ1n) is 19.7. The SMILES string of the molecule is CCCCCC(C)c1ccc2c(c1)c1ccc(Oc3cc(-n4nc(C)c(-c5ccccc5)c4C)cc(C(C)(C)C)c3)cc1n2-c1cc(C(C)(C)C)ccn1. The Morgan fingerprint density at radius 3 is 2.19 bits per heavy atom. The summed E-state index contributed by atoms with van der Waals surface area (Å²) in [5.74, 6) is 2.98. The van der Waals surface area contributed by atoms with Crippen LogP contribution in [0.4, 0.5) is 0 Å². The number of aromatic nitrogens is 4. The standard InChI is InChI=1S/C49H56N4O/c1-11-12-14-17-32(2)36-20-23-44-43(26-36)42-22-21-40(31-45(42)52(44)46-29-37(24-25-50-46)48(5,6)7)54-41-28-38(49(8,9)10)27-39(30-41)53-34(4)47(33(3)51-53)35-18-15-13-16-19-35/h13,15-16,18-32H,11-12,14,17H2,1-10H3. The van der Waals surface area contributed by atoms with E-state index in [9.17, 15) is 0 Å². The molecule has 0 spiro atoms. The zero-order valence-corrected chi connectivity index (χ0v) is 33.9. The Kier molecular flexibility index (Phi) is 10.0. The van der Waals surface area contributed by atoms with Gasteiger partial charge in [-0.05, 0) is 108 Å². The first-order chi connectivity index (χ1) is 25.7. The number of unbranched alkanes of at least 4 members (excludes halogenated alkanes) is 2. The highest BCUT2D eigenvalue weighted by Crippen LogP contribution is 2.39. The molecule has 5 heteroatoms. The van der Waals surface area contributed by atoms with Crippen molar-refractivity contribution in [3.63, 3.8) is 0 Å². The molecular weight excluding hydrogens is 661 g/mol. The summed E-state index contributed by atoms with van der Waals surface area (Å²) in [7, 11) is 0. The average Bonchev–Trinajstić information content (AvgIpc) is 3.63. The number of benzene rings is 4. The molecule has 0 radical (unpaired) electrons. The molecule has 0 aliphatic heterocycles. The number of aryl methyl sites for hydroxylation is 1. The molecule has 278 valence electrons. The van der Waals surface area contributed by atoms with Crippen LogP contribution in [0, 0.1) is 13.8 Å². The van der Waals surface area contributed by atoms with Crippen molar-refractivity contribution >= 4 is 21.8 Å². The maximum absolute atomic E-state index is 6.85. The summed E-state index contributed by atoms with van der Waals surface area (Å²) in [4.78, 5) is 4.95. The Bertz CT molecular complexity index is 2430. The fourth-order valence-electron chi connectivity index (χ4n) is 7.76. The van der Waals surface area contributed by atoms with Crippen LogP contribution in [0.15, 0.2) is 103 Å². The third-order valence-electron chi connectivity index (χ3n) is 11.0. The average molecular weight is 717 g/mol. The molecule has 0 bridgehead atoms. The summed E-state index contributed by atoms with van der Waals surface area (Å²) in [5, 5.41) is 7.50. The highest BCUT2D eigenvalue weighted by atomic mass is 16.5. The van der Waals surface area contributed by atoms with Gasteiger partial charge in [0.25, 0.3) is 0 Å². The van der Waals surface area contributed by atoms with Gasteiger partial charge in [0, 0.05) is 40.4 Å². The zero-order valence-electron chi connectivity index (χ0n) is 33.9. The summed E-state index contributed by atoms with van der Waals surface area (Å²) in [6.07, 6.45) is 6.92. The lowest BCUT2D eigenvalue weighted by atomic mass is 9.86. The van der Waals surface area contributed by atoms with Crippen molar-refractivity contribution in [2.24, 2.45) is 0 Å². The summed E-state index contributed by atoms with van der Waals surface area (Å²) in [5.41, 5.74) is 11.4. The predicted molar refractivity (Wildman–Crippen MR) is 227 cm³/mol. The van der Waals surface area contributed by atoms with Crippen LogP contribution in [0.25, 0.3) is 44.4 Å². The van der Waals surface area contributed by atoms with Gasteiger partial charge < -0.3 is 4.74 Å². The zero-order chi connectivity index (χ0) is 38.4. The van der Waals surface area contributed by atoms with E-state index < -0.39 is 0 Å². The monoisotopic (exact) mass is 716 g/mol. The van der Waals surface area contributed by atoms with E-state index in [1.807, 2.05) is 6.20 Å². The summed E-state index contributed by atoms with van der Waals surface area (Å²) in [6, 6.07) is 35.0. The second-order valence-corrected chi connectivity index (χ2v) is 17.2. The minimum absolute atomic E-state index is 0.00504. The predicted octanol–water partition coefficient (Wildman–Crippen LogP) is 13.7. The second kappa shape index (κ2) is 14.6. The molecule has 3 aromatic heterocycles. The minimum Gasteiger partial charge on any atom is -0.457 e. The number of rotatable bonds is 10. The van der Waals surface area contributed by atoms with Crippen molar-refractivity contribution in [2.75, 3.05) is 0 Å². The molecule has 1 atom stereocenters. The van der Waals surface area contributed by atoms with Gasteiger partial charge in [-0.25, -0.2) is 9.67 Å². The van der Waals surface area contributed by atoms with E-state index in [1.54, 1.807) is 0 Å². The van der Waals surface area contributed by atoms with E-state index in [2.05, 4.69) is 176 Å². The Morgan fingerprint density at radius 2 is 1.46 bits per heavy atom. The number of pyridine rings is 1. The normalized spacial score (nSPS) is 12.9. The first-order valence-corrected chi connectivity index (χ1v) is 19.7. The van der Waals surface area contributed by atoms with Gasteiger partial charge in [-0.15, -0.1) is 0 Å². The molecule has 0 amide bonds. The third-order valence-corrected chi connectivity index (χ3v) is 11.0. The van der Waals surface area contributed by atoms with Crippen molar-refractivity contribution in [2.45, 2.75) is 112 Å². The number of ether oxygens (including phenoxy) is 1. The fraction of sp³-hybridized carbons (Fsp3) is 0.347. The van der Waals surface area contributed by atoms with Gasteiger partial charge in [0.2, 0.25) is 0 Å².